The molecule has 2 aromatic rings. The van der Waals surface area contributed by atoms with E-state index in [1.54, 1.807) is 0 Å². The van der Waals surface area contributed by atoms with E-state index in [4.69, 9.17) is 0 Å². The Hall–Kier alpha value is -1.87. The standard InChI is InChI=1S/C16H21N3/c1-12-8-5-6-10-15(12)19(4)16-14(13(2)17-3)9-7-11-18-16/h5-11,13,17H,1-4H3. The Morgan fingerprint density at radius 2 is 1.89 bits per heavy atom. The molecule has 0 radical (unpaired) electrons. The van der Waals surface area contributed by atoms with Crippen LogP contribution in [-0.4, -0.2) is 19.1 Å². The van der Waals surface area contributed by atoms with E-state index in [1.165, 1.54) is 16.8 Å². The highest BCUT2D eigenvalue weighted by molar-refractivity contribution is 5.65. The molecule has 0 bridgehead atoms. The van der Waals surface area contributed by atoms with Crippen LogP contribution < -0.4 is 10.2 Å². The van der Waals surface area contributed by atoms with Crippen molar-refractivity contribution in [2.75, 3.05) is 19.0 Å². The number of benzene rings is 1. The van der Waals surface area contributed by atoms with Gasteiger partial charge in [-0.25, -0.2) is 4.98 Å². The molecule has 1 aromatic heterocycles. The van der Waals surface area contributed by atoms with Crippen LogP contribution in [-0.2, 0) is 0 Å². The second-order valence-electron chi connectivity index (χ2n) is 4.77. The number of aromatic nitrogens is 1. The Bertz CT molecular complexity index is 551. The van der Waals surface area contributed by atoms with Crippen molar-refractivity contribution >= 4 is 11.5 Å². The van der Waals surface area contributed by atoms with Gasteiger partial charge in [-0.2, -0.15) is 0 Å². The Morgan fingerprint density at radius 3 is 2.58 bits per heavy atom. The molecular weight excluding hydrogens is 234 g/mol. The zero-order chi connectivity index (χ0) is 13.8. The van der Waals surface area contributed by atoms with E-state index in [1.807, 2.05) is 19.3 Å². The van der Waals surface area contributed by atoms with E-state index in [9.17, 15) is 0 Å². The molecule has 100 valence electrons. The molecule has 0 fully saturated rings. The van der Waals surface area contributed by atoms with Crippen LogP contribution in [0.15, 0.2) is 42.6 Å². The van der Waals surface area contributed by atoms with Gasteiger partial charge < -0.3 is 10.2 Å². The summed E-state index contributed by atoms with van der Waals surface area (Å²) < 4.78 is 0. The van der Waals surface area contributed by atoms with Crippen molar-refractivity contribution in [1.29, 1.82) is 0 Å². The molecule has 0 spiro atoms. The maximum atomic E-state index is 4.55. The van der Waals surface area contributed by atoms with Crippen molar-refractivity contribution in [2.45, 2.75) is 19.9 Å². The minimum atomic E-state index is 0.273. The number of hydrogen-bond acceptors (Lipinski definition) is 3. The van der Waals surface area contributed by atoms with Crippen LogP contribution in [0.25, 0.3) is 0 Å². The number of aryl methyl sites for hydroxylation is 1. The molecule has 3 heteroatoms. The summed E-state index contributed by atoms with van der Waals surface area (Å²) in [5.41, 5.74) is 3.64. The van der Waals surface area contributed by atoms with E-state index in [0.717, 1.165) is 5.82 Å². The molecule has 3 nitrogen and oxygen atoms in total. The molecule has 0 saturated carbocycles. The molecule has 1 heterocycles. The highest BCUT2D eigenvalue weighted by Crippen LogP contribution is 2.30. The van der Waals surface area contributed by atoms with Gasteiger partial charge in [0.15, 0.2) is 0 Å². The fourth-order valence-corrected chi connectivity index (χ4v) is 2.24. The maximum absolute atomic E-state index is 4.55. The smallest absolute Gasteiger partial charge is 0.137 e. The largest absolute Gasteiger partial charge is 0.329 e. The van der Waals surface area contributed by atoms with Gasteiger partial charge in [0.25, 0.3) is 0 Å². The normalized spacial score (nSPS) is 12.2. The first kappa shape index (κ1) is 13.6. The Balaban J connectivity index is 2.45. The number of nitrogens with one attached hydrogen (secondary N) is 1. The third kappa shape index (κ3) is 2.76. The van der Waals surface area contributed by atoms with Gasteiger partial charge in [0.05, 0.1) is 0 Å². The molecule has 2 rings (SSSR count). The molecule has 1 atom stereocenters. The minimum absolute atomic E-state index is 0.273. The van der Waals surface area contributed by atoms with Gasteiger partial charge in [0.2, 0.25) is 0 Å². The van der Waals surface area contributed by atoms with Crippen LogP contribution in [0.4, 0.5) is 11.5 Å². The van der Waals surface area contributed by atoms with Gasteiger partial charge in [0, 0.05) is 30.5 Å². The number of hydrogen-bond donors (Lipinski definition) is 1. The second-order valence-corrected chi connectivity index (χ2v) is 4.77. The van der Waals surface area contributed by atoms with Gasteiger partial charge in [0.1, 0.15) is 5.82 Å². The molecule has 0 amide bonds. The number of rotatable bonds is 4. The van der Waals surface area contributed by atoms with E-state index < -0.39 is 0 Å². The van der Waals surface area contributed by atoms with Gasteiger partial charge in [-0.1, -0.05) is 24.3 Å². The summed E-state index contributed by atoms with van der Waals surface area (Å²) in [5.74, 6) is 0.999. The van der Waals surface area contributed by atoms with Gasteiger partial charge in [-0.3, -0.25) is 0 Å². The summed E-state index contributed by atoms with van der Waals surface area (Å²) in [6.07, 6.45) is 1.84. The predicted molar refractivity (Wildman–Crippen MR) is 81.0 cm³/mol. The van der Waals surface area contributed by atoms with Crippen LogP contribution >= 0.6 is 0 Å². The average molecular weight is 255 g/mol. The average Bonchev–Trinajstić information content (AvgIpc) is 2.46. The lowest BCUT2D eigenvalue weighted by molar-refractivity contribution is 0.649. The van der Waals surface area contributed by atoms with Crippen LogP contribution in [0.2, 0.25) is 0 Å². The lowest BCUT2D eigenvalue weighted by Gasteiger charge is -2.25. The number of pyridine rings is 1. The lowest BCUT2D eigenvalue weighted by atomic mass is 10.1. The van der Waals surface area contributed by atoms with Crippen molar-refractivity contribution in [3.63, 3.8) is 0 Å². The van der Waals surface area contributed by atoms with Crippen molar-refractivity contribution in [1.82, 2.24) is 10.3 Å². The van der Waals surface area contributed by atoms with Crippen LogP contribution in [0.1, 0.15) is 24.1 Å². The third-order valence-electron chi connectivity index (χ3n) is 3.51. The molecule has 19 heavy (non-hydrogen) atoms. The zero-order valence-corrected chi connectivity index (χ0v) is 12.0. The molecule has 1 aromatic carbocycles. The van der Waals surface area contributed by atoms with E-state index in [2.05, 4.69) is 66.4 Å². The zero-order valence-electron chi connectivity index (χ0n) is 12.0. The third-order valence-corrected chi connectivity index (χ3v) is 3.51. The predicted octanol–water partition coefficient (Wildman–Crippen LogP) is 3.44. The molecule has 0 saturated heterocycles. The first-order valence-electron chi connectivity index (χ1n) is 6.56. The highest BCUT2D eigenvalue weighted by Gasteiger charge is 2.15. The van der Waals surface area contributed by atoms with E-state index in [-0.39, 0.29) is 6.04 Å². The number of anilines is 2. The summed E-state index contributed by atoms with van der Waals surface area (Å²) in [6, 6.07) is 12.7. The van der Waals surface area contributed by atoms with Gasteiger partial charge >= 0.3 is 0 Å². The van der Waals surface area contributed by atoms with Gasteiger partial charge in [-0.15, -0.1) is 0 Å². The topological polar surface area (TPSA) is 28.2 Å². The number of para-hydroxylation sites is 1. The minimum Gasteiger partial charge on any atom is -0.329 e. The summed E-state index contributed by atoms with van der Waals surface area (Å²) in [7, 11) is 4.03. The number of nitrogens with zero attached hydrogens (tertiary/aromatic N) is 2. The summed E-state index contributed by atoms with van der Waals surface area (Å²) in [6.45, 7) is 4.27. The first-order valence-corrected chi connectivity index (χ1v) is 6.56. The lowest BCUT2D eigenvalue weighted by Crippen LogP contribution is -2.19. The molecule has 0 aliphatic heterocycles. The van der Waals surface area contributed by atoms with Crippen molar-refractivity contribution < 1.29 is 0 Å². The summed E-state index contributed by atoms with van der Waals surface area (Å²) >= 11 is 0. The Morgan fingerprint density at radius 1 is 1.16 bits per heavy atom. The van der Waals surface area contributed by atoms with Crippen molar-refractivity contribution in [3.05, 3.63) is 53.7 Å². The Labute approximate surface area is 115 Å². The summed E-state index contributed by atoms with van der Waals surface area (Å²) in [5, 5.41) is 3.28. The highest BCUT2D eigenvalue weighted by atomic mass is 15.2. The fraction of sp³-hybridized carbons (Fsp3) is 0.312. The second kappa shape index (κ2) is 5.85. The Kier molecular flexibility index (Phi) is 4.17. The van der Waals surface area contributed by atoms with Crippen LogP contribution in [0, 0.1) is 6.92 Å². The van der Waals surface area contributed by atoms with Crippen molar-refractivity contribution in [3.8, 4) is 0 Å². The maximum Gasteiger partial charge on any atom is 0.137 e. The molecule has 1 N–H and O–H groups in total. The fourth-order valence-electron chi connectivity index (χ4n) is 2.24. The monoisotopic (exact) mass is 255 g/mol. The van der Waals surface area contributed by atoms with Gasteiger partial charge in [-0.05, 0) is 38.6 Å². The van der Waals surface area contributed by atoms with Crippen molar-refractivity contribution in [2.24, 2.45) is 0 Å². The summed E-state index contributed by atoms with van der Waals surface area (Å²) in [4.78, 5) is 6.70. The molecule has 1 unspecified atom stereocenters. The first-order chi connectivity index (χ1) is 9.15. The molecular formula is C16H21N3. The quantitative estimate of drug-likeness (QED) is 0.907. The molecule has 0 aliphatic carbocycles. The van der Waals surface area contributed by atoms with Crippen LogP contribution in [0.3, 0.4) is 0 Å². The molecule has 0 aliphatic rings. The van der Waals surface area contributed by atoms with E-state index >= 15 is 0 Å². The van der Waals surface area contributed by atoms with E-state index in [0.29, 0.717) is 0 Å². The van der Waals surface area contributed by atoms with Crippen LogP contribution in [0.5, 0.6) is 0 Å². The SMILES string of the molecule is CNC(C)c1cccnc1N(C)c1ccccc1C.